The lowest BCUT2D eigenvalue weighted by Crippen LogP contribution is -2.19. The van der Waals surface area contributed by atoms with Crippen molar-refractivity contribution >= 4 is 11.6 Å². The van der Waals surface area contributed by atoms with Gasteiger partial charge < -0.3 is 9.47 Å². The van der Waals surface area contributed by atoms with Crippen LogP contribution in [0.4, 0.5) is 0 Å². The van der Waals surface area contributed by atoms with Gasteiger partial charge in [0.05, 0.1) is 5.71 Å². The Morgan fingerprint density at radius 1 is 1.09 bits per heavy atom. The third-order valence-corrected chi connectivity index (χ3v) is 3.37. The second kappa shape index (κ2) is 6.30. The topological polar surface area (TPSA) is 59.9 Å². The highest BCUT2D eigenvalue weighted by atomic mass is 16.7. The Morgan fingerprint density at radius 2 is 1.86 bits per heavy atom. The van der Waals surface area contributed by atoms with Crippen LogP contribution in [0.3, 0.4) is 0 Å². The normalized spacial score (nSPS) is 13.0. The summed E-state index contributed by atoms with van der Waals surface area (Å²) in [6.45, 7) is 2.19. The van der Waals surface area contributed by atoms with Gasteiger partial charge in [0.1, 0.15) is 0 Å². The predicted octanol–water partition coefficient (Wildman–Crippen LogP) is 2.96. The summed E-state index contributed by atoms with van der Waals surface area (Å²) in [6.07, 6.45) is 0.728. The SMILES string of the molecule is CC/C(=N\NC(=O)c1ccc2c(c1)OCO2)c1ccccc1. The number of hydrazone groups is 1. The van der Waals surface area contributed by atoms with Crippen molar-refractivity contribution in [3.05, 3.63) is 59.7 Å². The molecule has 0 fully saturated rings. The molecule has 1 amide bonds. The summed E-state index contributed by atoms with van der Waals surface area (Å²) >= 11 is 0. The van der Waals surface area contributed by atoms with Gasteiger partial charge in [-0.2, -0.15) is 5.10 Å². The number of nitrogens with zero attached hydrogens (tertiary/aromatic N) is 1. The maximum absolute atomic E-state index is 12.2. The molecule has 1 heterocycles. The number of carbonyl (C=O) groups is 1. The van der Waals surface area contributed by atoms with Crippen LogP contribution in [0.1, 0.15) is 29.3 Å². The van der Waals surface area contributed by atoms with E-state index in [1.54, 1.807) is 18.2 Å². The molecule has 3 rings (SSSR count). The van der Waals surface area contributed by atoms with Gasteiger partial charge in [-0.3, -0.25) is 4.79 Å². The minimum absolute atomic E-state index is 0.187. The van der Waals surface area contributed by atoms with Gasteiger partial charge in [0, 0.05) is 5.56 Å². The van der Waals surface area contributed by atoms with E-state index in [1.165, 1.54) is 0 Å². The standard InChI is InChI=1S/C17H16N2O3/c1-2-14(12-6-4-3-5-7-12)18-19-17(20)13-8-9-15-16(10-13)22-11-21-15/h3-10H,2,11H2,1H3,(H,19,20)/b18-14+. The molecule has 2 aromatic rings. The smallest absolute Gasteiger partial charge is 0.271 e. The number of ether oxygens (including phenoxy) is 2. The Bertz CT molecular complexity index is 711. The van der Waals surface area contributed by atoms with E-state index < -0.39 is 0 Å². The van der Waals surface area contributed by atoms with Gasteiger partial charge in [-0.05, 0) is 30.2 Å². The lowest BCUT2D eigenvalue weighted by Gasteiger charge is -2.05. The molecule has 5 heteroatoms. The second-order valence-electron chi connectivity index (χ2n) is 4.79. The molecule has 0 spiro atoms. The highest BCUT2D eigenvalue weighted by molar-refractivity contribution is 6.02. The van der Waals surface area contributed by atoms with Crippen LogP contribution >= 0.6 is 0 Å². The number of benzene rings is 2. The molecule has 1 aliphatic rings. The molecule has 0 aliphatic carbocycles. The quantitative estimate of drug-likeness (QED) is 0.697. The van der Waals surface area contributed by atoms with E-state index in [0.717, 1.165) is 17.7 Å². The minimum Gasteiger partial charge on any atom is -0.454 e. The van der Waals surface area contributed by atoms with Crippen molar-refractivity contribution in [2.75, 3.05) is 6.79 Å². The monoisotopic (exact) mass is 296 g/mol. The predicted molar refractivity (Wildman–Crippen MR) is 83.3 cm³/mol. The van der Waals surface area contributed by atoms with Crippen molar-refractivity contribution in [3.8, 4) is 11.5 Å². The molecule has 1 N–H and O–H groups in total. The fraction of sp³-hybridized carbons (Fsp3) is 0.176. The molecule has 0 aromatic heterocycles. The first-order valence-electron chi connectivity index (χ1n) is 7.10. The van der Waals surface area contributed by atoms with Gasteiger partial charge in [0.25, 0.3) is 5.91 Å². The van der Waals surface area contributed by atoms with Crippen molar-refractivity contribution in [3.63, 3.8) is 0 Å². The van der Waals surface area contributed by atoms with Gasteiger partial charge >= 0.3 is 0 Å². The number of hydrogen-bond donors (Lipinski definition) is 1. The van der Waals surface area contributed by atoms with Crippen molar-refractivity contribution in [1.82, 2.24) is 5.43 Å². The number of rotatable bonds is 4. The van der Waals surface area contributed by atoms with Gasteiger partial charge in [0.15, 0.2) is 11.5 Å². The van der Waals surface area contributed by atoms with Crippen LogP contribution in [0.25, 0.3) is 0 Å². The van der Waals surface area contributed by atoms with Crippen molar-refractivity contribution in [1.29, 1.82) is 0 Å². The fourth-order valence-electron chi connectivity index (χ4n) is 2.20. The van der Waals surface area contributed by atoms with E-state index in [-0.39, 0.29) is 12.7 Å². The lowest BCUT2D eigenvalue weighted by atomic mass is 10.1. The van der Waals surface area contributed by atoms with Crippen LogP contribution in [0.15, 0.2) is 53.6 Å². The summed E-state index contributed by atoms with van der Waals surface area (Å²) in [5.74, 6) is 0.953. The van der Waals surface area contributed by atoms with E-state index in [0.29, 0.717) is 17.1 Å². The van der Waals surface area contributed by atoms with E-state index in [1.807, 2.05) is 37.3 Å². The van der Waals surface area contributed by atoms with E-state index in [9.17, 15) is 4.79 Å². The maximum Gasteiger partial charge on any atom is 0.271 e. The van der Waals surface area contributed by atoms with E-state index in [2.05, 4.69) is 10.5 Å². The Labute approximate surface area is 128 Å². The van der Waals surface area contributed by atoms with Crippen LogP contribution in [-0.2, 0) is 0 Å². The molecule has 112 valence electrons. The zero-order valence-corrected chi connectivity index (χ0v) is 12.2. The molecular formula is C17H16N2O3. The summed E-state index contributed by atoms with van der Waals surface area (Å²) in [5.41, 5.74) is 4.90. The Morgan fingerprint density at radius 3 is 2.64 bits per heavy atom. The molecular weight excluding hydrogens is 280 g/mol. The third kappa shape index (κ3) is 2.93. The number of fused-ring (bicyclic) bond motifs is 1. The summed E-state index contributed by atoms with van der Waals surface area (Å²) in [5, 5.41) is 4.23. The van der Waals surface area contributed by atoms with Crippen molar-refractivity contribution < 1.29 is 14.3 Å². The molecule has 0 unspecified atom stereocenters. The summed E-state index contributed by atoms with van der Waals surface area (Å²) in [7, 11) is 0. The molecule has 0 saturated carbocycles. The highest BCUT2D eigenvalue weighted by Crippen LogP contribution is 2.32. The molecule has 5 nitrogen and oxygen atoms in total. The first-order valence-corrected chi connectivity index (χ1v) is 7.10. The van der Waals surface area contributed by atoms with Crippen LogP contribution in [0, 0.1) is 0 Å². The zero-order chi connectivity index (χ0) is 15.4. The van der Waals surface area contributed by atoms with Crippen LogP contribution < -0.4 is 14.9 Å². The summed E-state index contributed by atoms with van der Waals surface area (Å²) in [4.78, 5) is 12.2. The average Bonchev–Trinajstić information content (AvgIpc) is 3.03. The molecule has 1 aliphatic heterocycles. The Hall–Kier alpha value is -2.82. The van der Waals surface area contributed by atoms with Crippen LogP contribution in [0.2, 0.25) is 0 Å². The number of amides is 1. The number of carbonyl (C=O) groups excluding carboxylic acids is 1. The largest absolute Gasteiger partial charge is 0.454 e. The van der Waals surface area contributed by atoms with Gasteiger partial charge in [0.2, 0.25) is 6.79 Å². The molecule has 0 saturated heterocycles. The molecule has 2 aromatic carbocycles. The number of nitrogens with one attached hydrogen (secondary N) is 1. The first kappa shape index (κ1) is 14.1. The van der Waals surface area contributed by atoms with E-state index in [4.69, 9.17) is 9.47 Å². The maximum atomic E-state index is 12.2. The molecule has 0 atom stereocenters. The molecule has 0 bridgehead atoms. The summed E-state index contributed by atoms with van der Waals surface area (Å²) in [6, 6.07) is 14.8. The van der Waals surface area contributed by atoms with Gasteiger partial charge in [-0.25, -0.2) is 5.43 Å². The van der Waals surface area contributed by atoms with E-state index >= 15 is 0 Å². The zero-order valence-electron chi connectivity index (χ0n) is 12.2. The van der Waals surface area contributed by atoms with Crippen molar-refractivity contribution in [2.45, 2.75) is 13.3 Å². The first-order chi connectivity index (χ1) is 10.8. The third-order valence-electron chi connectivity index (χ3n) is 3.37. The number of hydrogen-bond acceptors (Lipinski definition) is 4. The molecule has 22 heavy (non-hydrogen) atoms. The van der Waals surface area contributed by atoms with Gasteiger partial charge in [-0.1, -0.05) is 37.3 Å². The minimum atomic E-state index is -0.278. The molecule has 0 radical (unpaired) electrons. The summed E-state index contributed by atoms with van der Waals surface area (Å²) < 4.78 is 10.5. The lowest BCUT2D eigenvalue weighted by molar-refractivity contribution is 0.0954. The van der Waals surface area contributed by atoms with Crippen LogP contribution in [0.5, 0.6) is 11.5 Å². The van der Waals surface area contributed by atoms with Crippen LogP contribution in [-0.4, -0.2) is 18.4 Å². The fourth-order valence-corrected chi connectivity index (χ4v) is 2.20. The van der Waals surface area contributed by atoms with Gasteiger partial charge in [-0.15, -0.1) is 0 Å². The Kier molecular flexibility index (Phi) is 4.05. The average molecular weight is 296 g/mol. The Balaban J connectivity index is 1.75. The highest BCUT2D eigenvalue weighted by Gasteiger charge is 2.16. The second-order valence-corrected chi connectivity index (χ2v) is 4.79. The van der Waals surface area contributed by atoms with Crippen molar-refractivity contribution in [2.24, 2.45) is 5.10 Å².